The SMILES string of the molecule is Cc1ccc2c(c1)c1c3n2CCCC(Cc2c[nH]c4ccccc4c2=O)C3CCC1. The third-order valence-electron chi connectivity index (χ3n) is 7.53. The number of benzene rings is 2. The molecule has 4 aromatic rings. The molecule has 0 amide bonds. The Balaban J connectivity index is 1.45. The van der Waals surface area contributed by atoms with E-state index in [4.69, 9.17) is 0 Å². The predicted molar refractivity (Wildman–Crippen MR) is 123 cm³/mol. The van der Waals surface area contributed by atoms with Gasteiger partial charge in [0.1, 0.15) is 0 Å². The lowest BCUT2D eigenvalue weighted by Crippen LogP contribution is -2.23. The van der Waals surface area contributed by atoms with Gasteiger partial charge in [0.25, 0.3) is 0 Å². The molecule has 0 fully saturated rings. The molecule has 0 saturated carbocycles. The fourth-order valence-corrected chi connectivity index (χ4v) is 6.18. The second-order valence-electron chi connectivity index (χ2n) is 9.33. The Bertz CT molecular complexity index is 1320. The number of H-pyrrole nitrogens is 1. The topological polar surface area (TPSA) is 37.8 Å². The fraction of sp³-hybridized carbons (Fsp3) is 0.370. The first kappa shape index (κ1) is 18.0. The van der Waals surface area contributed by atoms with Gasteiger partial charge in [0.2, 0.25) is 0 Å². The standard InChI is InChI=1S/C27H28N2O/c1-17-11-12-25-23(14-17)21-9-4-8-20-18(6-5-13-29(25)26(20)21)15-19-16-28-24-10-3-2-7-22(24)27(19)30/h2-3,7,10-12,14,16,18,20H,4-6,8-9,13,15H2,1H3,(H,28,30). The predicted octanol–water partition coefficient (Wildman–Crippen LogP) is 5.86. The van der Waals surface area contributed by atoms with Crippen LogP contribution in [0.2, 0.25) is 0 Å². The van der Waals surface area contributed by atoms with Gasteiger partial charge in [0.05, 0.1) is 0 Å². The number of fused-ring (bicyclic) bond motifs is 4. The van der Waals surface area contributed by atoms with Crippen LogP contribution in [0.1, 0.15) is 54.0 Å². The van der Waals surface area contributed by atoms with Crippen molar-refractivity contribution in [3.8, 4) is 0 Å². The van der Waals surface area contributed by atoms with E-state index in [0.717, 1.165) is 29.4 Å². The Kier molecular flexibility index (Phi) is 4.12. The second kappa shape index (κ2) is 6.87. The van der Waals surface area contributed by atoms with Crippen LogP contribution in [-0.2, 0) is 19.4 Å². The minimum atomic E-state index is 0.209. The first-order valence-electron chi connectivity index (χ1n) is 11.4. The summed E-state index contributed by atoms with van der Waals surface area (Å²) in [5, 5.41) is 2.29. The Morgan fingerprint density at radius 1 is 1.07 bits per heavy atom. The lowest BCUT2D eigenvalue weighted by molar-refractivity contribution is 0.357. The highest BCUT2D eigenvalue weighted by Gasteiger charge is 2.35. The molecule has 3 heteroatoms. The molecule has 2 atom stereocenters. The van der Waals surface area contributed by atoms with Crippen LogP contribution in [0, 0.1) is 12.8 Å². The Morgan fingerprint density at radius 3 is 2.90 bits per heavy atom. The number of aromatic nitrogens is 2. The number of hydrogen-bond acceptors (Lipinski definition) is 1. The van der Waals surface area contributed by atoms with Gasteiger partial charge in [-0.05, 0) is 81.2 Å². The van der Waals surface area contributed by atoms with Crippen LogP contribution < -0.4 is 5.43 Å². The van der Waals surface area contributed by atoms with Crippen molar-refractivity contribution in [2.75, 3.05) is 0 Å². The van der Waals surface area contributed by atoms with Crippen LogP contribution in [-0.4, -0.2) is 9.55 Å². The number of hydrogen-bond donors (Lipinski definition) is 1. The van der Waals surface area contributed by atoms with Gasteiger partial charge in [-0.3, -0.25) is 4.79 Å². The van der Waals surface area contributed by atoms with Gasteiger partial charge >= 0.3 is 0 Å². The van der Waals surface area contributed by atoms with Crippen molar-refractivity contribution >= 4 is 21.8 Å². The highest BCUT2D eigenvalue weighted by molar-refractivity contribution is 5.87. The molecule has 6 rings (SSSR count). The highest BCUT2D eigenvalue weighted by Crippen LogP contribution is 2.46. The summed E-state index contributed by atoms with van der Waals surface area (Å²) < 4.78 is 2.62. The van der Waals surface area contributed by atoms with Crippen LogP contribution in [0.5, 0.6) is 0 Å². The zero-order chi connectivity index (χ0) is 20.2. The zero-order valence-corrected chi connectivity index (χ0v) is 17.6. The van der Waals surface area contributed by atoms with E-state index in [-0.39, 0.29) is 5.43 Å². The maximum atomic E-state index is 13.2. The van der Waals surface area contributed by atoms with Crippen LogP contribution in [0.4, 0.5) is 0 Å². The number of nitrogens with zero attached hydrogens (tertiary/aromatic N) is 1. The van der Waals surface area contributed by atoms with Crippen LogP contribution in [0.3, 0.4) is 0 Å². The third-order valence-corrected chi connectivity index (χ3v) is 7.53. The number of aromatic amines is 1. The van der Waals surface area contributed by atoms with Crippen molar-refractivity contribution in [1.82, 2.24) is 9.55 Å². The number of rotatable bonds is 2. The molecular weight excluding hydrogens is 368 g/mol. The molecule has 1 aliphatic carbocycles. The molecule has 2 aliphatic rings. The number of para-hydroxylation sites is 1. The molecule has 2 aromatic carbocycles. The van der Waals surface area contributed by atoms with Crippen molar-refractivity contribution in [2.45, 2.75) is 57.9 Å². The van der Waals surface area contributed by atoms with Gasteiger partial charge in [-0.15, -0.1) is 0 Å². The Hall–Kier alpha value is -2.81. The molecule has 0 saturated heterocycles. The minimum absolute atomic E-state index is 0.209. The summed E-state index contributed by atoms with van der Waals surface area (Å²) in [6.45, 7) is 3.31. The van der Waals surface area contributed by atoms with Crippen LogP contribution in [0.15, 0.2) is 53.5 Å². The third kappa shape index (κ3) is 2.68. The normalized spacial score (nSPS) is 21.0. The molecular formula is C27H28N2O. The quantitative estimate of drug-likeness (QED) is 0.452. The molecule has 0 radical (unpaired) electrons. The number of nitrogens with one attached hydrogen (secondary N) is 1. The van der Waals surface area contributed by atoms with Gasteiger partial charge < -0.3 is 9.55 Å². The zero-order valence-electron chi connectivity index (χ0n) is 17.6. The molecule has 0 bridgehead atoms. The molecule has 30 heavy (non-hydrogen) atoms. The van der Waals surface area contributed by atoms with Gasteiger partial charge in [-0.2, -0.15) is 0 Å². The summed E-state index contributed by atoms with van der Waals surface area (Å²) in [6.07, 6.45) is 8.95. The largest absolute Gasteiger partial charge is 0.361 e. The molecule has 3 heterocycles. The van der Waals surface area contributed by atoms with Gasteiger partial charge in [-0.25, -0.2) is 0 Å². The highest BCUT2D eigenvalue weighted by atomic mass is 16.1. The Labute approximate surface area is 176 Å². The van der Waals surface area contributed by atoms with Crippen molar-refractivity contribution < 1.29 is 0 Å². The average molecular weight is 397 g/mol. The van der Waals surface area contributed by atoms with Crippen molar-refractivity contribution in [1.29, 1.82) is 0 Å². The monoisotopic (exact) mass is 396 g/mol. The molecule has 1 aliphatic heterocycles. The van der Waals surface area contributed by atoms with E-state index in [1.165, 1.54) is 48.6 Å². The number of pyridine rings is 1. The van der Waals surface area contributed by atoms with E-state index in [1.807, 2.05) is 30.5 Å². The van der Waals surface area contributed by atoms with Crippen molar-refractivity contribution in [3.05, 3.63) is 81.3 Å². The van der Waals surface area contributed by atoms with E-state index in [2.05, 4.69) is 34.7 Å². The number of aryl methyl sites for hydroxylation is 3. The van der Waals surface area contributed by atoms with Gasteiger partial charge in [-0.1, -0.05) is 23.8 Å². The molecule has 152 valence electrons. The second-order valence-corrected chi connectivity index (χ2v) is 9.33. The summed E-state index contributed by atoms with van der Waals surface area (Å²) in [4.78, 5) is 16.5. The van der Waals surface area contributed by atoms with Crippen LogP contribution >= 0.6 is 0 Å². The van der Waals surface area contributed by atoms with Gasteiger partial charge in [0.15, 0.2) is 5.43 Å². The van der Waals surface area contributed by atoms with E-state index in [1.54, 1.807) is 11.3 Å². The molecule has 2 aromatic heterocycles. The maximum Gasteiger partial charge on any atom is 0.192 e. The molecule has 3 nitrogen and oxygen atoms in total. The van der Waals surface area contributed by atoms with E-state index < -0.39 is 0 Å². The average Bonchev–Trinajstić information content (AvgIpc) is 2.95. The first-order chi connectivity index (χ1) is 14.7. The summed E-state index contributed by atoms with van der Waals surface area (Å²) in [5.74, 6) is 1.10. The summed E-state index contributed by atoms with van der Waals surface area (Å²) in [6, 6.07) is 14.8. The molecule has 0 spiro atoms. The lowest BCUT2D eigenvalue weighted by atomic mass is 9.75. The van der Waals surface area contributed by atoms with Crippen LogP contribution in [0.25, 0.3) is 21.8 Å². The Morgan fingerprint density at radius 2 is 1.97 bits per heavy atom. The smallest absolute Gasteiger partial charge is 0.192 e. The fourth-order valence-electron chi connectivity index (χ4n) is 6.18. The summed E-state index contributed by atoms with van der Waals surface area (Å²) >= 11 is 0. The first-order valence-corrected chi connectivity index (χ1v) is 11.4. The minimum Gasteiger partial charge on any atom is -0.361 e. The molecule has 1 N–H and O–H groups in total. The lowest BCUT2D eigenvalue weighted by Gasteiger charge is -2.30. The van der Waals surface area contributed by atoms with Gasteiger partial charge in [0, 0.05) is 51.7 Å². The maximum absolute atomic E-state index is 13.2. The van der Waals surface area contributed by atoms with E-state index in [0.29, 0.717) is 11.8 Å². The van der Waals surface area contributed by atoms with E-state index in [9.17, 15) is 4.79 Å². The summed E-state index contributed by atoms with van der Waals surface area (Å²) in [7, 11) is 0. The molecule has 2 unspecified atom stereocenters. The van der Waals surface area contributed by atoms with E-state index >= 15 is 0 Å². The van der Waals surface area contributed by atoms with Crippen molar-refractivity contribution in [3.63, 3.8) is 0 Å². The summed E-state index contributed by atoms with van der Waals surface area (Å²) in [5.41, 5.74) is 8.03. The van der Waals surface area contributed by atoms with Crippen molar-refractivity contribution in [2.24, 2.45) is 5.92 Å².